The van der Waals surface area contributed by atoms with E-state index in [0.29, 0.717) is 24.4 Å². The molecule has 0 aliphatic heterocycles. The van der Waals surface area contributed by atoms with Gasteiger partial charge in [0, 0.05) is 19.5 Å². The molecule has 0 amide bonds. The summed E-state index contributed by atoms with van der Waals surface area (Å²) in [6.07, 6.45) is -4.18. The number of rotatable bonds is 12. The lowest BCUT2D eigenvalue weighted by atomic mass is 10.1. The lowest BCUT2D eigenvalue weighted by molar-refractivity contribution is -0.206. The van der Waals surface area contributed by atoms with Crippen LogP contribution in [0.3, 0.4) is 0 Å². The first-order valence-electron chi connectivity index (χ1n) is 12.4. The molecule has 0 saturated carbocycles. The number of likely N-dealkylation sites (N-methyl/N-ethyl adjacent to an activating group) is 1. The van der Waals surface area contributed by atoms with Crippen LogP contribution in [0.1, 0.15) is 35.6 Å². The molecule has 0 saturated heterocycles. The number of aryl methyl sites for hydroxylation is 1. The van der Waals surface area contributed by atoms with Gasteiger partial charge in [-0.15, -0.1) is 0 Å². The molecule has 0 aromatic heterocycles. The maximum absolute atomic E-state index is 13.0. The third-order valence-corrected chi connectivity index (χ3v) is 6.24. The average Bonchev–Trinajstić information content (AvgIpc) is 3.27. The number of benzene rings is 2. The van der Waals surface area contributed by atoms with E-state index in [0.717, 1.165) is 12.8 Å². The molecule has 0 N–H and O–H groups in total. The van der Waals surface area contributed by atoms with Gasteiger partial charge in [-0.25, -0.2) is 4.79 Å². The van der Waals surface area contributed by atoms with Crippen LogP contribution in [-0.2, 0) is 38.3 Å². The summed E-state index contributed by atoms with van der Waals surface area (Å²) in [7, 11) is 1.76. The van der Waals surface area contributed by atoms with Crippen LogP contribution in [0.25, 0.3) is 0 Å². The fourth-order valence-electron chi connectivity index (χ4n) is 4.58. The van der Waals surface area contributed by atoms with E-state index < -0.39 is 18.2 Å². The second-order valence-electron chi connectivity index (χ2n) is 9.35. The van der Waals surface area contributed by atoms with Crippen molar-refractivity contribution in [3.05, 3.63) is 64.7 Å². The van der Waals surface area contributed by atoms with Crippen molar-refractivity contribution in [1.82, 2.24) is 4.90 Å². The molecule has 2 aromatic rings. The zero-order valence-corrected chi connectivity index (χ0v) is 21.4. The number of hydrogen-bond acceptors (Lipinski definition) is 7. The number of hydrogen-bond donors (Lipinski definition) is 0. The van der Waals surface area contributed by atoms with Crippen LogP contribution in [0.4, 0.5) is 13.2 Å². The molecular formula is C28H31F3N2O5. The summed E-state index contributed by atoms with van der Waals surface area (Å²) in [5.41, 5.74) is 3.39. The van der Waals surface area contributed by atoms with Gasteiger partial charge in [0.2, 0.25) is 0 Å². The van der Waals surface area contributed by atoms with Crippen molar-refractivity contribution < 1.29 is 37.0 Å². The van der Waals surface area contributed by atoms with E-state index in [4.69, 9.17) is 14.2 Å². The summed E-state index contributed by atoms with van der Waals surface area (Å²) in [6, 6.07) is 14.8. The predicted molar refractivity (Wildman–Crippen MR) is 132 cm³/mol. The van der Waals surface area contributed by atoms with Crippen molar-refractivity contribution in [3.8, 4) is 11.8 Å². The molecule has 0 spiro atoms. The van der Waals surface area contributed by atoms with Gasteiger partial charge in [0.15, 0.2) is 0 Å². The van der Waals surface area contributed by atoms with Crippen molar-refractivity contribution in [2.45, 2.75) is 44.9 Å². The lowest BCUT2D eigenvalue weighted by Gasteiger charge is -2.26. The number of ether oxygens (including phenoxy) is 3. The molecular weight excluding hydrogens is 501 g/mol. The molecule has 1 aliphatic carbocycles. The van der Waals surface area contributed by atoms with Crippen molar-refractivity contribution in [2.75, 3.05) is 33.4 Å². The molecule has 0 radical (unpaired) electrons. The van der Waals surface area contributed by atoms with Gasteiger partial charge in [-0.1, -0.05) is 30.3 Å². The lowest BCUT2D eigenvalue weighted by Crippen LogP contribution is -2.41. The highest BCUT2D eigenvalue weighted by atomic mass is 19.4. The van der Waals surface area contributed by atoms with E-state index in [-0.39, 0.29) is 43.5 Å². The van der Waals surface area contributed by atoms with Crippen LogP contribution >= 0.6 is 0 Å². The van der Waals surface area contributed by atoms with Gasteiger partial charge in [0.1, 0.15) is 24.5 Å². The average molecular weight is 533 g/mol. The quantitative estimate of drug-likeness (QED) is 0.378. The first-order chi connectivity index (χ1) is 18.1. The van der Waals surface area contributed by atoms with Crippen LogP contribution in [0, 0.1) is 17.2 Å². The molecule has 1 aliphatic rings. The summed E-state index contributed by atoms with van der Waals surface area (Å²) in [4.78, 5) is 25.1. The van der Waals surface area contributed by atoms with Gasteiger partial charge in [-0.3, -0.25) is 4.79 Å². The van der Waals surface area contributed by atoms with Crippen LogP contribution in [0.15, 0.2) is 42.5 Å². The van der Waals surface area contributed by atoms with Crippen molar-refractivity contribution in [2.24, 2.45) is 5.92 Å². The van der Waals surface area contributed by atoms with Gasteiger partial charge in [0.05, 0.1) is 12.2 Å². The van der Waals surface area contributed by atoms with Crippen LogP contribution in [-0.4, -0.2) is 62.5 Å². The minimum atomic E-state index is -5.14. The summed E-state index contributed by atoms with van der Waals surface area (Å²) >= 11 is 0. The second kappa shape index (κ2) is 13.3. The number of nitrogens with zero attached hydrogens (tertiary/aromatic N) is 2. The Bertz CT molecular complexity index is 1140. The molecule has 38 heavy (non-hydrogen) atoms. The fourth-order valence-corrected chi connectivity index (χ4v) is 4.58. The Morgan fingerprint density at radius 2 is 1.84 bits per heavy atom. The summed E-state index contributed by atoms with van der Waals surface area (Å²) in [6.45, 7) is 2.20. The Kier molecular flexibility index (Phi) is 10.1. The summed E-state index contributed by atoms with van der Waals surface area (Å²) in [5, 5.41) is 9.45. The van der Waals surface area contributed by atoms with E-state index in [1.165, 1.54) is 17.2 Å². The van der Waals surface area contributed by atoms with Gasteiger partial charge >= 0.3 is 18.1 Å². The SMILES string of the molecule is CCOC(=O)CCc1ccc(C#N)c(OC[C@@H](CN(C)CC2Cc3ccccc3C2)OC(=O)C(F)(F)F)c1. The molecule has 0 unspecified atom stereocenters. The number of esters is 2. The summed E-state index contributed by atoms with van der Waals surface area (Å²) in [5.74, 6) is -2.24. The fraction of sp³-hybridized carbons (Fsp3) is 0.464. The highest BCUT2D eigenvalue weighted by Crippen LogP contribution is 2.27. The van der Waals surface area contributed by atoms with Crippen molar-refractivity contribution >= 4 is 11.9 Å². The zero-order valence-electron chi connectivity index (χ0n) is 21.4. The van der Waals surface area contributed by atoms with E-state index in [2.05, 4.69) is 12.1 Å². The largest absolute Gasteiger partial charge is 0.490 e. The normalized spacial score (nSPS) is 14.0. The van der Waals surface area contributed by atoms with Crippen molar-refractivity contribution in [3.63, 3.8) is 0 Å². The third-order valence-electron chi connectivity index (χ3n) is 6.24. The number of carbonyl (C=O) groups excluding carboxylic acids is 2. The maximum Gasteiger partial charge on any atom is 0.490 e. The molecule has 0 bridgehead atoms. The van der Waals surface area contributed by atoms with Gasteiger partial charge in [0.25, 0.3) is 0 Å². The first kappa shape index (κ1) is 29.0. The topological polar surface area (TPSA) is 88.9 Å². The van der Waals surface area contributed by atoms with Crippen LogP contribution < -0.4 is 4.74 Å². The Hall–Kier alpha value is -3.58. The van der Waals surface area contributed by atoms with Gasteiger partial charge in [-0.2, -0.15) is 18.4 Å². The second-order valence-corrected chi connectivity index (χ2v) is 9.35. The molecule has 7 nitrogen and oxygen atoms in total. The standard InChI is InChI=1S/C28H31F3N2O5/c1-3-36-26(34)11-9-19-8-10-23(15-32)25(14-19)37-18-24(38-27(35)28(29,30)31)17-33(2)16-20-12-21-6-4-5-7-22(21)13-20/h4-8,10,14,20,24H,3,9,11-13,16-18H2,1-2H3/t24-/m1/s1. The maximum atomic E-state index is 13.0. The molecule has 0 heterocycles. The molecule has 1 atom stereocenters. The third kappa shape index (κ3) is 8.48. The Labute approximate surface area is 220 Å². The highest BCUT2D eigenvalue weighted by Gasteiger charge is 2.42. The predicted octanol–water partition coefficient (Wildman–Crippen LogP) is 4.25. The number of carbonyl (C=O) groups is 2. The minimum absolute atomic E-state index is 0.0130. The van der Waals surface area contributed by atoms with E-state index in [1.54, 1.807) is 26.1 Å². The number of fused-ring (bicyclic) bond motifs is 1. The number of halogens is 3. The minimum Gasteiger partial charge on any atom is -0.488 e. The highest BCUT2D eigenvalue weighted by molar-refractivity contribution is 5.75. The number of nitriles is 1. The monoisotopic (exact) mass is 532 g/mol. The Morgan fingerprint density at radius 1 is 1.16 bits per heavy atom. The van der Waals surface area contributed by atoms with Gasteiger partial charge < -0.3 is 19.1 Å². The number of alkyl halides is 3. The molecule has 0 fully saturated rings. The smallest absolute Gasteiger partial charge is 0.488 e. The van der Waals surface area contributed by atoms with E-state index >= 15 is 0 Å². The Balaban J connectivity index is 1.65. The molecule has 2 aromatic carbocycles. The Morgan fingerprint density at radius 3 is 2.45 bits per heavy atom. The summed E-state index contributed by atoms with van der Waals surface area (Å²) < 4.78 is 54.3. The van der Waals surface area contributed by atoms with E-state index in [9.17, 15) is 28.0 Å². The zero-order chi connectivity index (χ0) is 27.7. The van der Waals surface area contributed by atoms with E-state index in [1.807, 2.05) is 23.1 Å². The molecule has 10 heteroatoms. The van der Waals surface area contributed by atoms with Crippen LogP contribution in [0.5, 0.6) is 5.75 Å². The molecule has 3 rings (SSSR count). The van der Waals surface area contributed by atoms with Crippen LogP contribution in [0.2, 0.25) is 0 Å². The van der Waals surface area contributed by atoms with Crippen molar-refractivity contribution in [1.29, 1.82) is 5.26 Å². The first-order valence-corrected chi connectivity index (χ1v) is 12.4. The molecule has 204 valence electrons. The van der Waals surface area contributed by atoms with Gasteiger partial charge in [-0.05, 0) is 68.0 Å².